The third kappa shape index (κ3) is 3.92. The van der Waals surface area contributed by atoms with Crippen LogP contribution >= 0.6 is 0 Å². The highest BCUT2D eigenvalue weighted by Gasteiger charge is 2.25. The standard InChI is InChI=1S/C15H19FN2O2/c1-19-8-7-18(6-2-5-17)11-14-10-12-9-13(16)3-4-15(12)20-14/h3-4,9,14H,2,6-8,10-11H2,1H3. The molecule has 0 spiro atoms. The summed E-state index contributed by atoms with van der Waals surface area (Å²) in [5, 5.41) is 8.69. The van der Waals surface area contributed by atoms with Crippen molar-refractivity contribution in [3.8, 4) is 11.8 Å². The van der Waals surface area contributed by atoms with E-state index in [9.17, 15) is 4.39 Å². The number of hydrogen-bond acceptors (Lipinski definition) is 4. The summed E-state index contributed by atoms with van der Waals surface area (Å²) in [6.07, 6.45) is 1.21. The van der Waals surface area contributed by atoms with Crippen LogP contribution in [0.15, 0.2) is 18.2 Å². The number of ether oxygens (including phenoxy) is 2. The Morgan fingerprint density at radius 2 is 2.35 bits per heavy atom. The van der Waals surface area contributed by atoms with Crippen LogP contribution in [-0.4, -0.2) is 44.4 Å². The van der Waals surface area contributed by atoms with Gasteiger partial charge in [-0.05, 0) is 18.2 Å². The van der Waals surface area contributed by atoms with Crippen molar-refractivity contribution in [2.75, 3.05) is 33.4 Å². The molecule has 0 aliphatic carbocycles. The third-order valence-electron chi connectivity index (χ3n) is 3.38. The minimum Gasteiger partial charge on any atom is -0.488 e. The lowest BCUT2D eigenvalue weighted by molar-refractivity contribution is 0.112. The number of methoxy groups -OCH3 is 1. The highest BCUT2D eigenvalue weighted by Crippen LogP contribution is 2.29. The van der Waals surface area contributed by atoms with Crippen LogP contribution in [0.2, 0.25) is 0 Å². The topological polar surface area (TPSA) is 45.5 Å². The van der Waals surface area contributed by atoms with E-state index in [1.54, 1.807) is 13.2 Å². The Bertz CT molecular complexity index is 487. The minimum atomic E-state index is -0.228. The van der Waals surface area contributed by atoms with Crippen molar-refractivity contribution in [3.05, 3.63) is 29.6 Å². The number of nitrogens with zero attached hydrogens (tertiary/aromatic N) is 2. The van der Waals surface area contributed by atoms with Gasteiger partial charge < -0.3 is 9.47 Å². The second-order valence-corrected chi connectivity index (χ2v) is 4.90. The molecule has 1 aliphatic heterocycles. The molecule has 1 atom stereocenters. The maximum Gasteiger partial charge on any atom is 0.123 e. The number of hydrogen-bond donors (Lipinski definition) is 0. The molecule has 5 heteroatoms. The van der Waals surface area contributed by atoms with Crippen molar-refractivity contribution in [1.29, 1.82) is 5.26 Å². The minimum absolute atomic E-state index is 0.0161. The van der Waals surface area contributed by atoms with Gasteiger partial charge in [-0.2, -0.15) is 5.26 Å². The second-order valence-electron chi connectivity index (χ2n) is 4.90. The molecular weight excluding hydrogens is 259 g/mol. The lowest BCUT2D eigenvalue weighted by atomic mass is 10.1. The van der Waals surface area contributed by atoms with Gasteiger partial charge in [0.1, 0.15) is 17.7 Å². The van der Waals surface area contributed by atoms with Gasteiger partial charge in [0, 0.05) is 45.1 Å². The average molecular weight is 278 g/mol. The first-order valence-corrected chi connectivity index (χ1v) is 6.76. The van der Waals surface area contributed by atoms with Crippen molar-refractivity contribution < 1.29 is 13.9 Å². The molecule has 1 unspecified atom stereocenters. The van der Waals surface area contributed by atoms with E-state index in [0.717, 1.165) is 24.4 Å². The summed E-state index contributed by atoms with van der Waals surface area (Å²) in [4.78, 5) is 2.15. The second kappa shape index (κ2) is 7.22. The van der Waals surface area contributed by atoms with Crippen LogP contribution in [0, 0.1) is 17.1 Å². The zero-order chi connectivity index (χ0) is 14.4. The lowest BCUT2D eigenvalue weighted by Crippen LogP contribution is -2.37. The number of halogens is 1. The first-order valence-electron chi connectivity index (χ1n) is 6.76. The zero-order valence-corrected chi connectivity index (χ0v) is 11.6. The molecule has 0 saturated carbocycles. The van der Waals surface area contributed by atoms with Crippen molar-refractivity contribution in [2.24, 2.45) is 0 Å². The van der Waals surface area contributed by atoms with Gasteiger partial charge in [0.2, 0.25) is 0 Å². The molecule has 0 radical (unpaired) electrons. The fraction of sp³-hybridized carbons (Fsp3) is 0.533. The van der Waals surface area contributed by atoms with E-state index < -0.39 is 0 Å². The SMILES string of the molecule is COCCN(CCC#N)CC1Cc2cc(F)ccc2O1. The summed E-state index contributed by atoms with van der Waals surface area (Å²) in [6, 6.07) is 6.78. The van der Waals surface area contributed by atoms with Crippen molar-refractivity contribution in [2.45, 2.75) is 18.9 Å². The molecule has 1 heterocycles. The number of fused-ring (bicyclic) bond motifs is 1. The Morgan fingerprint density at radius 3 is 3.10 bits per heavy atom. The van der Waals surface area contributed by atoms with Crippen LogP contribution < -0.4 is 4.74 Å². The molecule has 2 rings (SSSR count). The van der Waals surface area contributed by atoms with E-state index >= 15 is 0 Å². The molecule has 108 valence electrons. The van der Waals surface area contributed by atoms with Gasteiger partial charge in [-0.3, -0.25) is 4.90 Å². The fourth-order valence-corrected chi connectivity index (χ4v) is 2.40. The molecule has 0 aromatic heterocycles. The summed E-state index contributed by atoms with van der Waals surface area (Å²) in [5.41, 5.74) is 0.918. The highest BCUT2D eigenvalue weighted by molar-refractivity contribution is 5.37. The Kier molecular flexibility index (Phi) is 5.33. The Balaban J connectivity index is 1.90. The molecule has 1 aromatic carbocycles. The summed E-state index contributed by atoms with van der Waals surface area (Å²) < 4.78 is 24.1. The van der Waals surface area contributed by atoms with E-state index in [2.05, 4.69) is 11.0 Å². The lowest BCUT2D eigenvalue weighted by Gasteiger charge is -2.24. The monoisotopic (exact) mass is 278 g/mol. The van der Waals surface area contributed by atoms with Crippen molar-refractivity contribution in [1.82, 2.24) is 4.90 Å². The van der Waals surface area contributed by atoms with Gasteiger partial charge in [-0.15, -0.1) is 0 Å². The Labute approximate surface area is 118 Å². The van der Waals surface area contributed by atoms with Crippen molar-refractivity contribution in [3.63, 3.8) is 0 Å². The van der Waals surface area contributed by atoms with Gasteiger partial charge in [-0.1, -0.05) is 0 Å². The first kappa shape index (κ1) is 14.8. The molecule has 0 bridgehead atoms. The molecule has 4 nitrogen and oxygen atoms in total. The number of benzene rings is 1. The summed E-state index contributed by atoms with van der Waals surface area (Å²) in [7, 11) is 1.66. The maximum absolute atomic E-state index is 13.2. The van der Waals surface area contributed by atoms with Gasteiger partial charge in [0.15, 0.2) is 0 Å². The molecule has 1 aromatic rings. The van der Waals surface area contributed by atoms with E-state index in [0.29, 0.717) is 26.0 Å². The molecule has 0 fully saturated rings. The molecule has 20 heavy (non-hydrogen) atoms. The molecular formula is C15H19FN2O2. The van der Waals surface area contributed by atoms with Gasteiger partial charge in [0.25, 0.3) is 0 Å². The van der Waals surface area contributed by atoms with Gasteiger partial charge in [-0.25, -0.2) is 4.39 Å². The summed E-state index contributed by atoms with van der Waals surface area (Å²) in [6.45, 7) is 2.81. The molecule has 1 aliphatic rings. The van der Waals surface area contributed by atoms with Crippen LogP contribution in [0.25, 0.3) is 0 Å². The van der Waals surface area contributed by atoms with Crippen LogP contribution in [0.3, 0.4) is 0 Å². The van der Waals surface area contributed by atoms with E-state index in [4.69, 9.17) is 14.7 Å². The largest absolute Gasteiger partial charge is 0.488 e. The van der Waals surface area contributed by atoms with Gasteiger partial charge in [0.05, 0.1) is 12.7 Å². The molecule has 0 saturated heterocycles. The quantitative estimate of drug-likeness (QED) is 0.765. The first-order chi connectivity index (χ1) is 9.72. The predicted molar refractivity (Wildman–Crippen MR) is 73.1 cm³/mol. The predicted octanol–water partition coefficient (Wildman–Crippen LogP) is 1.99. The molecule has 0 amide bonds. The average Bonchev–Trinajstić information content (AvgIpc) is 2.83. The number of nitriles is 1. The van der Waals surface area contributed by atoms with Crippen molar-refractivity contribution >= 4 is 0 Å². The highest BCUT2D eigenvalue weighted by atomic mass is 19.1. The summed E-state index contributed by atoms with van der Waals surface area (Å²) >= 11 is 0. The van der Waals surface area contributed by atoms with Crippen LogP contribution in [0.5, 0.6) is 5.75 Å². The van der Waals surface area contributed by atoms with Crippen LogP contribution in [-0.2, 0) is 11.2 Å². The Hall–Kier alpha value is -1.64. The zero-order valence-electron chi connectivity index (χ0n) is 11.6. The Morgan fingerprint density at radius 1 is 1.50 bits per heavy atom. The van der Waals surface area contributed by atoms with Crippen LogP contribution in [0.1, 0.15) is 12.0 Å². The van der Waals surface area contributed by atoms with E-state index in [-0.39, 0.29) is 11.9 Å². The maximum atomic E-state index is 13.2. The summed E-state index contributed by atoms with van der Waals surface area (Å²) in [5.74, 6) is 0.539. The smallest absolute Gasteiger partial charge is 0.123 e. The van der Waals surface area contributed by atoms with Crippen LogP contribution in [0.4, 0.5) is 4.39 Å². The molecule has 0 N–H and O–H groups in total. The van der Waals surface area contributed by atoms with E-state index in [1.807, 2.05) is 0 Å². The fourth-order valence-electron chi connectivity index (χ4n) is 2.40. The van der Waals surface area contributed by atoms with Gasteiger partial charge >= 0.3 is 0 Å². The normalized spacial score (nSPS) is 16.8. The van der Waals surface area contributed by atoms with E-state index in [1.165, 1.54) is 12.1 Å². The third-order valence-corrected chi connectivity index (χ3v) is 3.38. The number of rotatable bonds is 7.